The zero-order chi connectivity index (χ0) is 18.1. The van der Waals surface area contributed by atoms with Crippen LogP contribution < -0.4 is 0 Å². The van der Waals surface area contributed by atoms with E-state index in [0.29, 0.717) is 0 Å². The normalized spacial score (nSPS) is 17.6. The second-order valence-electron chi connectivity index (χ2n) is 6.57. The zero-order valence-corrected chi connectivity index (χ0v) is 16.6. The number of nitrogens with zero attached hydrogens (tertiary/aromatic N) is 2. The molecule has 0 saturated carbocycles. The molecule has 0 amide bonds. The summed E-state index contributed by atoms with van der Waals surface area (Å²) in [4.78, 5) is 21.1. The molecule has 0 unspecified atom stereocenters. The highest BCUT2D eigenvalue weighted by Gasteiger charge is 2.32. The highest BCUT2D eigenvalue weighted by molar-refractivity contribution is 9.10. The van der Waals surface area contributed by atoms with Gasteiger partial charge in [0.1, 0.15) is 6.04 Å². The molecule has 0 bridgehead atoms. The van der Waals surface area contributed by atoms with Gasteiger partial charge in [0.2, 0.25) is 0 Å². The molecule has 4 rings (SSSR count). The largest absolute Gasteiger partial charge is 0.480 e. The van der Waals surface area contributed by atoms with Gasteiger partial charge in [-0.05, 0) is 23.6 Å². The summed E-state index contributed by atoms with van der Waals surface area (Å²) in [7, 11) is 0. The van der Waals surface area contributed by atoms with E-state index in [0.717, 1.165) is 53.7 Å². The lowest BCUT2D eigenvalue weighted by Gasteiger charge is -2.37. The standard InChI is InChI=1S/C19H20BrN3O2S/c20-13-3-4-15-16(11-21-17(15)10-13)18(19(24)25)23-7-5-22(6-8-23)12-14-2-1-9-26-14/h1-4,9-11,18,21H,5-8,12H2,(H,24,25)/t18-/m0/s1. The Morgan fingerprint density at radius 3 is 2.77 bits per heavy atom. The quantitative estimate of drug-likeness (QED) is 0.639. The summed E-state index contributed by atoms with van der Waals surface area (Å²) in [5.74, 6) is -0.791. The maximum atomic E-state index is 12.1. The maximum Gasteiger partial charge on any atom is 0.325 e. The van der Waals surface area contributed by atoms with Crippen LogP contribution in [0.2, 0.25) is 0 Å². The molecule has 0 spiro atoms. The van der Waals surface area contributed by atoms with E-state index in [4.69, 9.17) is 0 Å². The number of aromatic amines is 1. The molecule has 1 aliphatic heterocycles. The van der Waals surface area contributed by atoms with Crippen molar-refractivity contribution in [3.05, 3.63) is 56.8 Å². The molecule has 0 aliphatic carbocycles. The van der Waals surface area contributed by atoms with Crippen molar-refractivity contribution in [3.8, 4) is 0 Å². The van der Waals surface area contributed by atoms with E-state index < -0.39 is 12.0 Å². The summed E-state index contributed by atoms with van der Waals surface area (Å²) in [5.41, 5.74) is 1.80. The van der Waals surface area contributed by atoms with Crippen LogP contribution in [-0.4, -0.2) is 52.0 Å². The number of fused-ring (bicyclic) bond motifs is 1. The molecule has 0 radical (unpaired) electrons. The van der Waals surface area contributed by atoms with Crippen LogP contribution in [0.5, 0.6) is 0 Å². The summed E-state index contributed by atoms with van der Waals surface area (Å²) in [6, 6.07) is 9.53. The Morgan fingerprint density at radius 2 is 2.08 bits per heavy atom. The molecule has 136 valence electrons. The first-order chi connectivity index (χ1) is 12.6. The van der Waals surface area contributed by atoms with Gasteiger partial charge >= 0.3 is 5.97 Å². The lowest BCUT2D eigenvalue weighted by Crippen LogP contribution is -2.48. The third-order valence-corrected chi connectivity index (χ3v) is 6.29. The van der Waals surface area contributed by atoms with E-state index in [1.807, 2.05) is 24.4 Å². The van der Waals surface area contributed by atoms with Gasteiger partial charge in [-0.1, -0.05) is 28.1 Å². The topological polar surface area (TPSA) is 59.6 Å². The van der Waals surface area contributed by atoms with Crippen LogP contribution in [0.4, 0.5) is 0 Å². The molecule has 1 fully saturated rings. The van der Waals surface area contributed by atoms with Gasteiger partial charge in [0.15, 0.2) is 0 Å². The van der Waals surface area contributed by atoms with E-state index in [9.17, 15) is 9.90 Å². The third-order valence-electron chi connectivity index (χ3n) is 4.94. The third kappa shape index (κ3) is 3.57. The minimum Gasteiger partial charge on any atom is -0.480 e. The molecule has 26 heavy (non-hydrogen) atoms. The molecule has 1 saturated heterocycles. The van der Waals surface area contributed by atoms with E-state index in [1.54, 1.807) is 11.3 Å². The van der Waals surface area contributed by atoms with Crippen molar-refractivity contribution < 1.29 is 9.90 Å². The molecular formula is C19H20BrN3O2S. The average molecular weight is 434 g/mol. The zero-order valence-electron chi connectivity index (χ0n) is 14.2. The Balaban J connectivity index is 1.51. The molecule has 7 heteroatoms. The second-order valence-corrected chi connectivity index (χ2v) is 8.51. The van der Waals surface area contributed by atoms with E-state index >= 15 is 0 Å². The van der Waals surface area contributed by atoms with Crippen molar-refractivity contribution >= 4 is 44.1 Å². The molecule has 2 N–H and O–H groups in total. The van der Waals surface area contributed by atoms with Gasteiger partial charge in [-0.3, -0.25) is 14.6 Å². The lowest BCUT2D eigenvalue weighted by molar-refractivity contribution is -0.144. The molecular weight excluding hydrogens is 414 g/mol. The molecule has 2 aromatic heterocycles. The lowest BCUT2D eigenvalue weighted by atomic mass is 10.0. The smallest absolute Gasteiger partial charge is 0.325 e. The first-order valence-electron chi connectivity index (χ1n) is 8.60. The van der Waals surface area contributed by atoms with Gasteiger partial charge in [0.05, 0.1) is 0 Å². The number of piperazine rings is 1. The van der Waals surface area contributed by atoms with Crippen LogP contribution in [-0.2, 0) is 11.3 Å². The number of halogens is 1. The van der Waals surface area contributed by atoms with E-state index in [2.05, 4.69) is 48.2 Å². The number of thiophene rings is 1. The molecule has 5 nitrogen and oxygen atoms in total. The first-order valence-corrected chi connectivity index (χ1v) is 10.3. The summed E-state index contributed by atoms with van der Waals surface area (Å²) in [5, 5.41) is 13.0. The van der Waals surface area contributed by atoms with E-state index in [1.165, 1.54) is 4.88 Å². The van der Waals surface area contributed by atoms with Crippen LogP contribution in [0.1, 0.15) is 16.5 Å². The highest BCUT2D eigenvalue weighted by Crippen LogP contribution is 2.31. The predicted octanol–water partition coefficient (Wildman–Crippen LogP) is 3.94. The highest BCUT2D eigenvalue weighted by atomic mass is 79.9. The monoisotopic (exact) mass is 433 g/mol. The summed E-state index contributed by atoms with van der Waals surface area (Å²) in [6.45, 7) is 4.23. The van der Waals surface area contributed by atoms with Crippen molar-refractivity contribution in [2.75, 3.05) is 26.2 Å². The van der Waals surface area contributed by atoms with Crippen molar-refractivity contribution in [1.82, 2.24) is 14.8 Å². The number of H-pyrrole nitrogens is 1. The molecule has 1 atom stereocenters. The van der Waals surface area contributed by atoms with Crippen LogP contribution >= 0.6 is 27.3 Å². The SMILES string of the molecule is O=C(O)[C@H](c1c[nH]c2cc(Br)ccc12)N1CCN(Cc2cccs2)CC1. The number of carbonyl (C=O) groups is 1. The first kappa shape index (κ1) is 17.7. The number of benzene rings is 1. The Labute approximate surface area is 164 Å². The molecule has 3 aromatic rings. The molecule has 1 aromatic carbocycles. The summed E-state index contributed by atoms with van der Waals surface area (Å²) >= 11 is 5.24. The van der Waals surface area contributed by atoms with Gasteiger partial charge in [-0.2, -0.15) is 0 Å². The van der Waals surface area contributed by atoms with Gasteiger partial charge < -0.3 is 10.1 Å². The number of rotatable bonds is 5. The van der Waals surface area contributed by atoms with Gasteiger partial charge in [-0.25, -0.2) is 0 Å². The number of hydrogen-bond acceptors (Lipinski definition) is 4. The minimum atomic E-state index is -0.791. The Hall–Kier alpha value is -1.67. The van der Waals surface area contributed by atoms with Crippen LogP contribution in [0.15, 0.2) is 46.4 Å². The fourth-order valence-corrected chi connectivity index (χ4v) is 4.74. The predicted molar refractivity (Wildman–Crippen MR) is 108 cm³/mol. The van der Waals surface area contributed by atoms with Gasteiger partial charge in [0.25, 0.3) is 0 Å². The van der Waals surface area contributed by atoms with Crippen molar-refractivity contribution in [1.29, 1.82) is 0 Å². The second kappa shape index (κ2) is 7.52. The fourth-order valence-electron chi connectivity index (χ4n) is 3.64. The van der Waals surface area contributed by atoms with Crippen LogP contribution in [0.25, 0.3) is 10.9 Å². The minimum absolute atomic E-state index is 0.617. The van der Waals surface area contributed by atoms with Gasteiger partial charge in [0, 0.05) is 64.7 Å². The van der Waals surface area contributed by atoms with Crippen molar-refractivity contribution in [2.45, 2.75) is 12.6 Å². The fraction of sp³-hybridized carbons (Fsp3) is 0.316. The van der Waals surface area contributed by atoms with Crippen molar-refractivity contribution in [3.63, 3.8) is 0 Å². The van der Waals surface area contributed by atoms with E-state index in [-0.39, 0.29) is 0 Å². The summed E-state index contributed by atoms with van der Waals surface area (Å²) in [6.07, 6.45) is 1.84. The van der Waals surface area contributed by atoms with Crippen LogP contribution in [0.3, 0.4) is 0 Å². The number of aromatic nitrogens is 1. The van der Waals surface area contributed by atoms with Crippen LogP contribution in [0, 0.1) is 0 Å². The number of carboxylic acid groups (broad SMARTS) is 1. The average Bonchev–Trinajstić information content (AvgIpc) is 3.26. The Bertz CT molecular complexity index is 901. The Kier molecular flexibility index (Phi) is 5.13. The maximum absolute atomic E-state index is 12.1. The summed E-state index contributed by atoms with van der Waals surface area (Å²) < 4.78 is 0.979. The number of carboxylic acids is 1. The Morgan fingerprint density at radius 1 is 1.27 bits per heavy atom. The molecule has 1 aliphatic rings. The van der Waals surface area contributed by atoms with Crippen molar-refractivity contribution in [2.24, 2.45) is 0 Å². The molecule has 3 heterocycles. The number of hydrogen-bond donors (Lipinski definition) is 2. The van der Waals surface area contributed by atoms with Gasteiger partial charge in [-0.15, -0.1) is 11.3 Å². The number of nitrogens with one attached hydrogen (secondary N) is 1. The number of aliphatic carboxylic acids is 1.